The second-order valence-electron chi connectivity index (χ2n) is 4.69. The first-order valence-electron chi connectivity index (χ1n) is 7.00. The van der Waals surface area contributed by atoms with Gasteiger partial charge in [-0.1, -0.05) is 19.1 Å². The number of esters is 1. The highest BCUT2D eigenvalue weighted by Gasteiger charge is 2.40. The van der Waals surface area contributed by atoms with E-state index in [1.807, 2.05) is 0 Å². The Morgan fingerprint density at radius 3 is 2.45 bits per heavy atom. The number of phenols is 1. The van der Waals surface area contributed by atoms with Gasteiger partial charge in [0.05, 0.1) is 12.2 Å². The molecular formula is C16H19F3O3. The Bertz CT molecular complexity index is 563. The maximum Gasteiger partial charge on any atom is 0.417 e. The molecule has 0 radical (unpaired) electrons. The number of ether oxygens (including phenoxy) is 1. The first-order valence-corrected chi connectivity index (χ1v) is 7.00. The third-order valence-corrected chi connectivity index (χ3v) is 3.22. The van der Waals surface area contributed by atoms with E-state index >= 15 is 0 Å². The molecule has 1 rings (SSSR count). The van der Waals surface area contributed by atoms with Crippen molar-refractivity contribution in [2.75, 3.05) is 6.61 Å². The van der Waals surface area contributed by atoms with E-state index in [9.17, 15) is 23.1 Å². The summed E-state index contributed by atoms with van der Waals surface area (Å²) in [4.78, 5) is 11.9. The highest BCUT2D eigenvalue weighted by molar-refractivity contribution is 5.95. The molecule has 3 nitrogen and oxygen atoms in total. The minimum absolute atomic E-state index is 0.0348. The Hall–Kier alpha value is -1.98. The van der Waals surface area contributed by atoms with Gasteiger partial charge in [0.2, 0.25) is 0 Å². The van der Waals surface area contributed by atoms with Gasteiger partial charge < -0.3 is 9.84 Å². The lowest BCUT2D eigenvalue weighted by molar-refractivity contribution is -0.138. The fourth-order valence-corrected chi connectivity index (χ4v) is 2.24. The lowest BCUT2D eigenvalue weighted by atomic mass is 9.92. The minimum atomic E-state index is -4.75. The van der Waals surface area contributed by atoms with Crippen LogP contribution in [0.15, 0.2) is 18.7 Å². The van der Waals surface area contributed by atoms with Gasteiger partial charge in [0.15, 0.2) is 0 Å². The van der Waals surface area contributed by atoms with Gasteiger partial charge in [0, 0.05) is 0 Å². The molecule has 0 heterocycles. The molecule has 0 aliphatic rings. The maximum absolute atomic E-state index is 13.3. The van der Waals surface area contributed by atoms with Crippen molar-refractivity contribution >= 4 is 5.97 Å². The number of hydrogen-bond donors (Lipinski definition) is 1. The van der Waals surface area contributed by atoms with Gasteiger partial charge in [0.1, 0.15) is 11.3 Å². The molecule has 22 heavy (non-hydrogen) atoms. The monoisotopic (exact) mass is 316 g/mol. The Morgan fingerprint density at radius 2 is 2.00 bits per heavy atom. The Labute approximate surface area is 127 Å². The average molecular weight is 316 g/mol. The van der Waals surface area contributed by atoms with Crippen LogP contribution in [0.1, 0.15) is 47.3 Å². The van der Waals surface area contributed by atoms with Crippen molar-refractivity contribution in [2.24, 2.45) is 0 Å². The average Bonchev–Trinajstić information content (AvgIpc) is 2.44. The zero-order valence-electron chi connectivity index (χ0n) is 12.6. The molecule has 0 aliphatic heterocycles. The zero-order chi connectivity index (χ0) is 16.9. The smallest absolute Gasteiger partial charge is 0.417 e. The summed E-state index contributed by atoms with van der Waals surface area (Å²) in [6.07, 6.45) is -2.30. The summed E-state index contributed by atoms with van der Waals surface area (Å²) in [5.41, 5.74) is -1.67. The molecule has 0 aromatic heterocycles. The molecule has 1 aromatic carbocycles. The van der Waals surface area contributed by atoms with Gasteiger partial charge in [-0.05, 0) is 37.3 Å². The number of carbonyl (C=O) groups is 1. The molecule has 1 aromatic rings. The van der Waals surface area contributed by atoms with Crippen molar-refractivity contribution in [3.63, 3.8) is 0 Å². The maximum atomic E-state index is 13.3. The molecule has 0 atom stereocenters. The quantitative estimate of drug-likeness (QED) is 0.630. The van der Waals surface area contributed by atoms with Crippen LogP contribution in [0.3, 0.4) is 0 Å². The number of aromatic hydroxyl groups is 1. The molecule has 6 heteroatoms. The Kier molecular flexibility index (Phi) is 6.02. The van der Waals surface area contributed by atoms with Gasteiger partial charge in [-0.2, -0.15) is 13.2 Å². The molecule has 1 N–H and O–H groups in total. The summed E-state index contributed by atoms with van der Waals surface area (Å²) in [5.74, 6) is -1.83. The molecule has 0 saturated heterocycles. The number of carbonyl (C=O) groups excluding carboxylic acids is 1. The molecule has 0 spiro atoms. The van der Waals surface area contributed by atoms with E-state index < -0.39 is 29.0 Å². The van der Waals surface area contributed by atoms with Crippen LogP contribution in [0.4, 0.5) is 13.2 Å². The normalized spacial score (nSPS) is 11.3. The molecule has 0 unspecified atom stereocenters. The number of aryl methyl sites for hydroxylation is 2. The lowest BCUT2D eigenvalue weighted by Gasteiger charge is -2.19. The fourth-order valence-electron chi connectivity index (χ4n) is 2.24. The van der Waals surface area contributed by atoms with E-state index in [1.54, 1.807) is 13.0 Å². The summed E-state index contributed by atoms with van der Waals surface area (Å²) in [6, 6.07) is 1.30. The number of alkyl halides is 3. The van der Waals surface area contributed by atoms with E-state index in [2.05, 4.69) is 11.3 Å². The van der Waals surface area contributed by atoms with Gasteiger partial charge in [-0.3, -0.25) is 0 Å². The lowest BCUT2D eigenvalue weighted by Crippen LogP contribution is -2.19. The van der Waals surface area contributed by atoms with Gasteiger partial charge in [-0.25, -0.2) is 4.79 Å². The highest BCUT2D eigenvalue weighted by Crippen LogP contribution is 2.41. The van der Waals surface area contributed by atoms with Crippen molar-refractivity contribution in [3.05, 3.63) is 41.0 Å². The van der Waals surface area contributed by atoms with Crippen molar-refractivity contribution in [2.45, 2.75) is 39.3 Å². The predicted octanol–water partition coefficient (Wildman–Crippen LogP) is 4.27. The van der Waals surface area contributed by atoms with Gasteiger partial charge in [-0.15, -0.1) is 6.58 Å². The summed E-state index contributed by atoms with van der Waals surface area (Å²) in [5, 5.41) is 10.1. The molecule has 0 aliphatic carbocycles. The number of rotatable bonds is 6. The van der Waals surface area contributed by atoms with E-state index in [0.717, 1.165) is 0 Å². The highest BCUT2D eigenvalue weighted by atomic mass is 19.4. The van der Waals surface area contributed by atoms with Crippen LogP contribution < -0.4 is 0 Å². The number of allylic oxidation sites excluding steroid dienone is 1. The van der Waals surface area contributed by atoms with Crippen LogP contribution >= 0.6 is 0 Å². The molecular weight excluding hydrogens is 297 g/mol. The number of benzene rings is 1. The Balaban J connectivity index is 3.63. The first-order chi connectivity index (χ1) is 10.3. The topological polar surface area (TPSA) is 46.5 Å². The number of halogens is 3. The molecule has 0 bridgehead atoms. The van der Waals surface area contributed by atoms with Crippen molar-refractivity contribution < 1.29 is 27.8 Å². The van der Waals surface area contributed by atoms with Crippen molar-refractivity contribution in [1.29, 1.82) is 0 Å². The van der Waals surface area contributed by atoms with Gasteiger partial charge >= 0.3 is 12.1 Å². The van der Waals surface area contributed by atoms with E-state index in [1.165, 1.54) is 13.0 Å². The minimum Gasteiger partial charge on any atom is -0.507 e. The van der Waals surface area contributed by atoms with Crippen molar-refractivity contribution in [1.82, 2.24) is 0 Å². The van der Waals surface area contributed by atoms with Crippen LogP contribution in [0.25, 0.3) is 0 Å². The Morgan fingerprint density at radius 1 is 1.36 bits per heavy atom. The predicted molar refractivity (Wildman–Crippen MR) is 77.0 cm³/mol. The fraction of sp³-hybridized carbons (Fsp3) is 0.438. The van der Waals surface area contributed by atoms with Gasteiger partial charge in [0.25, 0.3) is 0 Å². The third-order valence-electron chi connectivity index (χ3n) is 3.22. The molecule has 122 valence electrons. The summed E-state index contributed by atoms with van der Waals surface area (Å²) in [6.45, 7) is 6.52. The largest absolute Gasteiger partial charge is 0.507 e. The van der Waals surface area contributed by atoms with Crippen LogP contribution in [0.2, 0.25) is 0 Å². The molecule has 0 amide bonds. The second-order valence-corrected chi connectivity index (χ2v) is 4.69. The third kappa shape index (κ3) is 3.81. The molecule has 0 fully saturated rings. The van der Waals surface area contributed by atoms with Crippen molar-refractivity contribution in [3.8, 4) is 5.75 Å². The standard InChI is InChI=1S/C16H19F3O3/c1-4-7-8-11-9-10(5-2)13(16(17,18)19)12(14(11)20)15(21)22-6-3/h4,9,20H,1,5-8H2,2-3H3. The summed E-state index contributed by atoms with van der Waals surface area (Å²) < 4.78 is 44.7. The van der Waals surface area contributed by atoms with E-state index in [-0.39, 0.29) is 24.2 Å². The second kappa shape index (κ2) is 7.33. The van der Waals surface area contributed by atoms with E-state index in [0.29, 0.717) is 12.8 Å². The van der Waals surface area contributed by atoms with Crippen LogP contribution in [-0.4, -0.2) is 17.7 Å². The SMILES string of the molecule is C=CCCc1cc(CC)c(C(F)(F)F)c(C(=O)OCC)c1O. The first kappa shape index (κ1) is 18.1. The van der Waals surface area contributed by atoms with Crippen LogP contribution in [0, 0.1) is 0 Å². The summed E-state index contributed by atoms with van der Waals surface area (Å²) in [7, 11) is 0. The number of hydrogen-bond acceptors (Lipinski definition) is 3. The van der Waals surface area contributed by atoms with Crippen LogP contribution in [-0.2, 0) is 23.8 Å². The van der Waals surface area contributed by atoms with E-state index in [4.69, 9.17) is 0 Å². The molecule has 0 saturated carbocycles. The van der Waals surface area contributed by atoms with Crippen LogP contribution in [0.5, 0.6) is 5.75 Å². The number of phenolic OH excluding ortho intramolecular Hbond substituents is 1. The zero-order valence-corrected chi connectivity index (χ0v) is 12.6. The summed E-state index contributed by atoms with van der Waals surface area (Å²) >= 11 is 0.